The molecule has 2 N–H and O–H groups in total. The topological polar surface area (TPSA) is 29.3 Å². The van der Waals surface area contributed by atoms with Gasteiger partial charge in [-0.2, -0.15) is 0 Å². The van der Waals surface area contributed by atoms with Gasteiger partial charge in [-0.1, -0.05) is 6.07 Å². The molecule has 1 aromatic carbocycles. The average Bonchev–Trinajstić information content (AvgIpc) is 2.68. The third-order valence-electron chi connectivity index (χ3n) is 3.23. The van der Waals surface area contributed by atoms with Crippen LogP contribution in [0.4, 0.5) is 8.78 Å². The third kappa shape index (κ3) is 3.15. The molecule has 1 aliphatic heterocycles. The Bertz CT molecular complexity index is 387. The van der Waals surface area contributed by atoms with Crippen LogP contribution in [0.15, 0.2) is 18.2 Å². The molecule has 1 fully saturated rings. The van der Waals surface area contributed by atoms with E-state index in [4.69, 9.17) is 5.73 Å². The monoisotopic (exact) mass is 262 g/mol. The zero-order chi connectivity index (χ0) is 11.7. The van der Waals surface area contributed by atoms with Gasteiger partial charge in [0.15, 0.2) is 11.6 Å². The number of halogens is 3. The van der Waals surface area contributed by atoms with E-state index in [2.05, 4.69) is 4.90 Å². The van der Waals surface area contributed by atoms with Crippen molar-refractivity contribution in [1.29, 1.82) is 0 Å². The van der Waals surface area contributed by atoms with Gasteiger partial charge in [-0.05, 0) is 31.0 Å². The van der Waals surface area contributed by atoms with Crippen LogP contribution < -0.4 is 5.73 Å². The summed E-state index contributed by atoms with van der Waals surface area (Å²) in [7, 11) is 0. The predicted molar refractivity (Wildman–Crippen MR) is 66.2 cm³/mol. The number of nitrogens with two attached hydrogens (primary N) is 1. The first-order valence-electron chi connectivity index (χ1n) is 5.52. The van der Waals surface area contributed by atoms with E-state index in [0.717, 1.165) is 25.1 Å². The van der Waals surface area contributed by atoms with Gasteiger partial charge in [0.05, 0.1) is 0 Å². The van der Waals surface area contributed by atoms with Gasteiger partial charge in [0.25, 0.3) is 0 Å². The molecule has 0 aromatic heterocycles. The second-order valence-electron chi connectivity index (χ2n) is 4.39. The second kappa shape index (κ2) is 5.76. The van der Waals surface area contributed by atoms with Crippen molar-refractivity contribution in [3.05, 3.63) is 35.4 Å². The SMILES string of the molecule is CC(c1ccc(F)c(F)c1)N1CCC(N)C1.Cl. The average molecular weight is 263 g/mol. The Hall–Kier alpha value is -0.710. The largest absolute Gasteiger partial charge is 0.326 e. The summed E-state index contributed by atoms with van der Waals surface area (Å²) in [6.45, 7) is 3.73. The van der Waals surface area contributed by atoms with E-state index in [1.54, 1.807) is 6.07 Å². The Morgan fingerprint density at radius 2 is 2.06 bits per heavy atom. The van der Waals surface area contributed by atoms with Gasteiger partial charge in [-0.25, -0.2) is 8.78 Å². The molecular formula is C12H17ClF2N2. The van der Waals surface area contributed by atoms with E-state index in [1.165, 1.54) is 12.1 Å². The Labute approximate surface area is 106 Å². The fourth-order valence-electron chi connectivity index (χ4n) is 2.15. The van der Waals surface area contributed by atoms with Crippen molar-refractivity contribution in [2.75, 3.05) is 13.1 Å². The Kier molecular flexibility index (Phi) is 4.86. The van der Waals surface area contributed by atoms with E-state index in [-0.39, 0.29) is 24.5 Å². The fourth-order valence-corrected chi connectivity index (χ4v) is 2.15. The van der Waals surface area contributed by atoms with Gasteiger partial charge >= 0.3 is 0 Å². The molecule has 96 valence electrons. The van der Waals surface area contributed by atoms with Gasteiger partial charge in [0.1, 0.15) is 0 Å². The highest BCUT2D eigenvalue weighted by atomic mass is 35.5. The van der Waals surface area contributed by atoms with E-state index in [9.17, 15) is 8.78 Å². The summed E-state index contributed by atoms with van der Waals surface area (Å²) in [5.41, 5.74) is 6.62. The van der Waals surface area contributed by atoms with Crippen LogP contribution in [0, 0.1) is 11.6 Å². The first-order chi connectivity index (χ1) is 7.58. The maximum atomic E-state index is 13.1. The maximum absolute atomic E-state index is 13.1. The van der Waals surface area contributed by atoms with Gasteiger partial charge in [0, 0.05) is 25.2 Å². The van der Waals surface area contributed by atoms with E-state index in [0.29, 0.717) is 0 Å². The van der Waals surface area contributed by atoms with Gasteiger partial charge in [-0.3, -0.25) is 4.90 Å². The Balaban J connectivity index is 0.00000144. The van der Waals surface area contributed by atoms with Crippen LogP contribution in [0.2, 0.25) is 0 Å². The molecule has 2 unspecified atom stereocenters. The number of nitrogens with zero attached hydrogens (tertiary/aromatic N) is 1. The van der Waals surface area contributed by atoms with Crippen molar-refractivity contribution >= 4 is 12.4 Å². The van der Waals surface area contributed by atoms with Crippen molar-refractivity contribution in [2.45, 2.75) is 25.4 Å². The highest BCUT2D eigenvalue weighted by Gasteiger charge is 2.24. The molecule has 1 aromatic rings. The number of hydrogen-bond donors (Lipinski definition) is 1. The van der Waals surface area contributed by atoms with Crippen LogP contribution in [-0.2, 0) is 0 Å². The molecule has 0 radical (unpaired) electrons. The minimum absolute atomic E-state index is 0. The molecule has 1 heterocycles. The predicted octanol–water partition coefficient (Wildman–Crippen LogP) is 2.48. The standard InChI is InChI=1S/C12H16F2N2.ClH/c1-8(16-5-4-10(15)7-16)9-2-3-11(13)12(14)6-9;/h2-3,6,8,10H,4-5,7,15H2,1H3;1H. The smallest absolute Gasteiger partial charge is 0.159 e. The lowest BCUT2D eigenvalue weighted by molar-refractivity contribution is 0.259. The number of rotatable bonds is 2. The van der Waals surface area contributed by atoms with Gasteiger partial charge in [-0.15, -0.1) is 12.4 Å². The number of likely N-dealkylation sites (tertiary alicyclic amines) is 1. The molecule has 0 spiro atoms. The molecule has 2 rings (SSSR count). The zero-order valence-electron chi connectivity index (χ0n) is 9.70. The van der Waals surface area contributed by atoms with Crippen molar-refractivity contribution in [3.63, 3.8) is 0 Å². The normalized spacial score (nSPS) is 22.2. The Morgan fingerprint density at radius 3 is 2.59 bits per heavy atom. The van der Waals surface area contributed by atoms with Crippen LogP contribution in [0.25, 0.3) is 0 Å². The second-order valence-corrected chi connectivity index (χ2v) is 4.39. The molecule has 2 nitrogen and oxygen atoms in total. The highest BCUT2D eigenvalue weighted by Crippen LogP contribution is 2.25. The lowest BCUT2D eigenvalue weighted by Gasteiger charge is -2.24. The lowest BCUT2D eigenvalue weighted by Crippen LogP contribution is -2.28. The molecular weight excluding hydrogens is 246 g/mol. The summed E-state index contributed by atoms with van der Waals surface area (Å²) in [4.78, 5) is 2.19. The molecule has 0 aliphatic carbocycles. The molecule has 0 saturated carbocycles. The minimum atomic E-state index is -0.797. The Morgan fingerprint density at radius 1 is 1.35 bits per heavy atom. The van der Waals surface area contributed by atoms with Crippen molar-refractivity contribution in [3.8, 4) is 0 Å². The van der Waals surface area contributed by atoms with Crippen LogP contribution in [0.3, 0.4) is 0 Å². The van der Waals surface area contributed by atoms with Crippen molar-refractivity contribution in [1.82, 2.24) is 4.90 Å². The number of hydrogen-bond acceptors (Lipinski definition) is 2. The molecule has 1 aliphatic rings. The van der Waals surface area contributed by atoms with Gasteiger partial charge in [0.2, 0.25) is 0 Å². The molecule has 5 heteroatoms. The van der Waals surface area contributed by atoms with Crippen LogP contribution in [0.1, 0.15) is 24.9 Å². The summed E-state index contributed by atoms with van der Waals surface area (Å²) in [6.07, 6.45) is 0.966. The quantitative estimate of drug-likeness (QED) is 0.887. The maximum Gasteiger partial charge on any atom is 0.159 e. The van der Waals surface area contributed by atoms with Crippen molar-refractivity contribution in [2.24, 2.45) is 5.73 Å². The molecule has 17 heavy (non-hydrogen) atoms. The molecule has 2 atom stereocenters. The van der Waals surface area contributed by atoms with E-state index < -0.39 is 11.6 Å². The van der Waals surface area contributed by atoms with Gasteiger partial charge < -0.3 is 5.73 Å². The first-order valence-corrected chi connectivity index (χ1v) is 5.52. The lowest BCUT2D eigenvalue weighted by atomic mass is 10.1. The van der Waals surface area contributed by atoms with E-state index in [1.807, 2.05) is 6.92 Å². The zero-order valence-corrected chi connectivity index (χ0v) is 10.5. The minimum Gasteiger partial charge on any atom is -0.326 e. The molecule has 1 saturated heterocycles. The molecule has 0 bridgehead atoms. The number of benzene rings is 1. The summed E-state index contributed by atoms with van der Waals surface area (Å²) >= 11 is 0. The van der Waals surface area contributed by atoms with Crippen LogP contribution in [0.5, 0.6) is 0 Å². The van der Waals surface area contributed by atoms with Crippen LogP contribution >= 0.6 is 12.4 Å². The van der Waals surface area contributed by atoms with E-state index >= 15 is 0 Å². The third-order valence-corrected chi connectivity index (χ3v) is 3.23. The first kappa shape index (κ1) is 14.4. The fraction of sp³-hybridized carbons (Fsp3) is 0.500. The highest BCUT2D eigenvalue weighted by molar-refractivity contribution is 5.85. The molecule has 0 amide bonds. The summed E-state index contributed by atoms with van der Waals surface area (Å²) in [6, 6.07) is 4.37. The summed E-state index contributed by atoms with van der Waals surface area (Å²) < 4.78 is 25.9. The van der Waals surface area contributed by atoms with Crippen molar-refractivity contribution < 1.29 is 8.78 Å². The summed E-state index contributed by atoms with van der Waals surface area (Å²) in [5, 5.41) is 0. The van der Waals surface area contributed by atoms with Crippen LogP contribution in [-0.4, -0.2) is 24.0 Å². The summed E-state index contributed by atoms with van der Waals surface area (Å²) in [5.74, 6) is -1.58.